The van der Waals surface area contributed by atoms with Gasteiger partial charge in [-0.1, -0.05) is 298 Å². The molecule has 10 heteroatoms. The molecule has 3 unspecified atom stereocenters. The molecule has 0 saturated heterocycles. The minimum absolute atomic E-state index is 0.0351. The molecule has 0 aliphatic carbocycles. The van der Waals surface area contributed by atoms with Crippen molar-refractivity contribution < 1.29 is 37.3 Å². The number of hydrogen-bond donors (Lipinski definition) is 1. The van der Waals surface area contributed by atoms with Gasteiger partial charge in [0, 0.05) is 12.8 Å². The topological polar surface area (TPSA) is 114 Å². The van der Waals surface area contributed by atoms with Crippen LogP contribution in [0.15, 0.2) is 97.2 Å². The van der Waals surface area contributed by atoms with E-state index in [4.69, 9.17) is 13.8 Å². The van der Waals surface area contributed by atoms with Gasteiger partial charge in [-0.25, -0.2) is 0 Å². The van der Waals surface area contributed by atoms with E-state index in [1.165, 1.54) is 186 Å². The molecule has 1 amide bonds. The number of quaternary nitrogens is 1. The monoisotopic (exact) mass is 1150 g/mol. The van der Waals surface area contributed by atoms with Crippen molar-refractivity contribution in [3.63, 3.8) is 0 Å². The maximum absolute atomic E-state index is 13.5. The number of allylic oxidation sites excluding steroid dienone is 15. The van der Waals surface area contributed by atoms with Gasteiger partial charge in [-0.2, -0.15) is 0 Å². The van der Waals surface area contributed by atoms with Crippen LogP contribution in [0, 0.1) is 0 Å². The molecule has 0 rings (SSSR count). The number of nitrogens with zero attached hydrogens (tertiary/aromatic N) is 1. The summed E-state index contributed by atoms with van der Waals surface area (Å²) in [4.78, 5) is 40.1. The number of unbranched alkanes of at least 4 members (excludes halogenated alkanes) is 35. The summed E-state index contributed by atoms with van der Waals surface area (Å²) in [5.41, 5.74) is 0. The molecule has 1 N–H and O–H groups in total. The SMILES string of the molecule is CC\C=C/C=C/C=C/C=C\C=C\C=C\CCCCCC(=O)NC(COP(=O)([O-])OCC[N+](C)(C)C)C(/C=C\CCCCCCCCCCCCC)OC(=O)CCCCCCCCCCCCCCCCC/C=C/CCCCCCCC. The Labute approximate surface area is 500 Å². The van der Waals surface area contributed by atoms with Crippen LogP contribution in [0.5, 0.6) is 0 Å². The van der Waals surface area contributed by atoms with Gasteiger partial charge < -0.3 is 28.5 Å². The predicted molar refractivity (Wildman–Crippen MR) is 348 cm³/mol. The highest BCUT2D eigenvalue weighted by atomic mass is 31.2. The van der Waals surface area contributed by atoms with Crippen molar-refractivity contribution >= 4 is 19.7 Å². The molecule has 0 spiro atoms. The molecule has 0 heterocycles. The van der Waals surface area contributed by atoms with Crippen LogP contribution < -0.4 is 10.2 Å². The fraction of sp³-hybridized carbons (Fsp3) is 0.746. The van der Waals surface area contributed by atoms with Gasteiger partial charge in [0.15, 0.2) is 0 Å². The van der Waals surface area contributed by atoms with E-state index in [-0.39, 0.29) is 31.3 Å². The minimum Gasteiger partial charge on any atom is -0.756 e. The van der Waals surface area contributed by atoms with Gasteiger partial charge in [-0.3, -0.25) is 14.2 Å². The number of hydrogen-bond acceptors (Lipinski definition) is 7. The highest BCUT2D eigenvalue weighted by Gasteiger charge is 2.27. The molecule has 468 valence electrons. The summed E-state index contributed by atoms with van der Waals surface area (Å²) in [6.45, 7) is 6.68. The van der Waals surface area contributed by atoms with Crippen LogP contribution >= 0.6 is 7.82 Å². The van der Waals surface area contributed by atoms with Crippen LogP contribution in [0.1, 0.15) is 290 Å². The van der Waals surface area contributed by atoms with Crippen molar-refractivity contribution in [2.75, 3.05) is 40.9 Å². The van der Waals surface area contributed by atoms with Crippen LogP contribution in [-0.4, -0.2) is 69.4 Å². The van der Waals surface area contributed by atoms with Crippen molar-refractivity contribution in [1.82, 2.24) is 5.32 Å². The Hall–Kier alpha value is -3.07. The standard InChI is InChI=1S/C71H127N2O7P/c1-7-10-13-16-19-22-25-28-30-32-33-34-35-36-37-38-39-41-43-46-49-52-55-58-61-64-71(75)80-69(62-59-56-53-50-47-44-27-24-21-18-15-12-9-3)68(67-79-81(76,77)78-66-65-73(4,5)6)72-70(74)63-60-57-54-51-48-45-42-40-31-29-26-23-20-17-14-11-8-2/h11,14,17,20,23,26,28-31,40,42,45,48,59,62,68-69H,7-10,12-13,15-16,18-19,21-22,24-25,27,32-39,41,43-44,46-47,49-58,60-61,63-67H2,1-6H3,(H-,72,74,76,77)/b14-11-,20-17+,26-23+,30-28+,31-29-,42-40+,48-45+,62-59-. The summed E-state index contributed by atoms with van der Waals surface area (Å²) in [7, 11) is 1.15. The molecule has 3 atom stereocenters. The van der Waals surface area contributed by atoms with Crippen molar-refractivity contribution in [3.8, 4) is 0 Å². The average Bonchev–Trinajstić information content (AvgIpc) is 3.44. The average molecular weight is 1150 g/mol. The second-order valence-electron chi connectivity index (χ2n) is 23.7. The Morgan fingerprint density at radius 3 is 1.23 bits per heavy atom. The number of esters is 1. The number of amides is 1. The van der Waals surface area contributed by atoms with Crippen molar-refractivity contribution in [3.05, 3.63) is 97.2 Å². The molecule has 0 aliphatic heterocycles. The van der Waals surface area contributed by atoms with E-state index in [9.17, 15) is 19.0 Å². The molecular weight excluding hydrogens is 1020 g/mol. The third kappa shape index (κ3) is 61.3. The van der Waals surface area contributed by atoms with E-state index in [0.29, 0.717) is 17.4 Å². The number of ether oxygens (including phenoxy) is 1. The number of carbonyl (C=O) groups is 2. The van der Waals surface area contributed by atoms with Crippen molar-refractivity contribution in [2.45, 2.75) is 303 Å². The summed E-state index contributed by atoms with van der Waals surface area (Å²) >= 11 is 0. The highest BCUT2D eigenvalue weighted by molar-refractivity contribution is 7.45. The molecule has 9 nitrogen and oxygen atoms in total. The lowest BCUT2D eigenvalue weighted by atomic mass is 10.0. The van der Waals surface area contributed by atoms with E-state index in [1.54, 1.807) is 0 Å². The molecular formula is C71H127N2O7P. The van der Waals surface area contributed by atoms with Crippen molar-refractivity contribution in [1.29, 1.82) is 0 Å². The number of nitrogens with one attached hydrogen (secondary N) is 1. The molecule has 0 aliphatic rings. The molecule has 0 aromatic rings. The number of phosphoric acid groups is 1. The van der Waals surface area contributed by atoms with Crippen LogP contribution in [0.25, 0.3) is 0 Å². The second-order valence-corrected chi connectivity index (χ2v) is 25.2. The molecule has 0 saturated carbocycles. The van der Waals surface area contributed by atoms with E-state index < -0.39 is 26.6 Å². The zero-order valence-electron chi connectivity index (χ0n) is 53.5. The van der Waals surface area contributed by atoms with Gasteiger partial charge in [0.05, 0.1) is 33.8 Å². The molecule has 81 heavy (non-hydrogen) atoms. The highest BCUT2D eigenvalue weighted by Crippen LogP contribution is 2.38. The Morgan fingerprint density at radius 1 is 0.444 bits per heavy atom. The number of rotatable bonds is 60. The zero-order chi connectivity index (χ0) is 59.3. The first-order valence-electron chi connectivity index (χ1n) is 33.6. The fourth-order valence-corrected chi connectivity index (χ4v) is 10.2. The third-order valence-corrected chi connectivity index (χ3v) is 15.6. The molecule has 0 aromatic heterocycles. The maximum Gasteiger partial charge on any atom is 0.306 e. The van der Waals surface area contributed by atoms with E-state index in [0.717, 1.165) is 64.2 Å². The first-order chi connectivity index (χ1) is 39.4. The lowest BCUT2D eigenvalue weighted by molar-refractivity contribution is -0.870. The Kier molecular flexibility index (Phi) is 57.8. The summed E-state index contributed by atoms with van der Waals surface area (Å²) < 4.78 is 30.4. The van der Waals surface area contributed by atoms with Gasteiger partial charge >= 0.3 is 5.97 Å². The largest absolute Gasteiger partial charge is 0.756 e. The van der Waals surface area contributed by atoms with Crippen LogP contribution in [-0.2, 0) is 27.9 Å². The first-order valence-corrected chi connectivity index (χ1v) is 35.1. The van der Waals surface area contributed by atoms with Gasteiger partial charge in [0.25, 0.3) is 7.82 Å². The predicted octanol–water partition coefficient (Wildman–Crippen LogP) is 20.5. The third-order valence-electron chi connectivity index (χ3n) is 14.7. The Bertz CT molecular complexity index is 1710. The normalized spacial score (nSPS) is 14.2. The smallest absolute Gasteiger partial charge is 0.306 e. The summed E-state index contributed by atoms with van der Waals surface area (Å²) in [5, 5.41) is 3.01. The lowest BCUT2D eigenvalue weighted by Gasteiger charge is -2.30. The fourth-order valence-electron chi connectivity index (χ4n) is 9.49. The van der Waals surface area contributed by atoms with E-state index in [1.807, 2.05) is 94.1 Å². The van der Waals surface area contributed by atoms with Gasteiger partial charge in [0.2, 0.25) is 5.91 Å². The minimum atomic E-state index is -4.72. The van der Waals surface area contributed by atoms with Crippen LogP contribution in [0.4, 0.5) is 0 Å². The number of phosphoric ester groups is 1. The van der Waals surface area contributed by atoms with Crippen LogP contribution in [0.3, 0.4) is 0 Å². The molecule has 0 radical (unpaired) electrons. The number of likely N-dealkylation sites (N-methyl/N-ethyl adjacent to an activating group) is 1. The van der Waals surface area contributed by atoms with Crippen LogP contribution in [0.2, 0.25) is 0 Å². The Balaban J connectivity index is 5.19. The van der Waals surface area contributed by atoms with E-state index in [2.05, 4.69) is 50.4 Å². The quantitative estimate of drug-likeness (QED) is 0.0161. The van der Waals surface area contributed by atoms with E-state index >= 15 is 0 Å². The van der Waals surface area contributed by atoms with Gasteiger partial charge in [0.1, 0.15) is 19.3 Å². The summed E-state index contributed by atoms with van der Waals surface area (Å²) in [6, 6.07) is -0.917. The van der Waals surface area contributed by atoms with Gasteiger partial charge in [-0.15, -0.1) is 0 Å². The molecule has 0 bridgehead atoms. The Morgan fingerprint density at radius 2 is 0.802 bits per heavy atom. The lowest BCUT2D eigenvalue weighted by Crippen LogP contribution is -2.47. The summed E-state index contributed by atoms with van der Waals surface area (Å²) in [5.74, 6) is -0.589. The molecule has 0 fully saturated rings. The second kappa shape index (κ2) is 60.1. The zero-order valence-corrected chi connectivity index (χ0v) is 54.4. The van der Waals surface area contributed by atoms with Gasteiger partial charge in [-0.05, 0) is 76.7 Å². The molecule has 0 aromatic carbocycles. The first kappa shape index (κ1) is 77.9. The summed E-state index contributed by atoms with van der Waals surface area (Å²) in [6.07, 6.45) is 81.0. The maximum atomic E-state index is 13.5. The number of carbonyl (C=O) groups excluding carboxylic acids is 2. The van der Waals surface area contributed by atoms with Crippen molar-refractivity contribution in [2.24, 2.45) is 0 Å².